The van der Waals surface area contributed by atoms with E-state index in [9.17, 15) is 9.90 Å². The van der Waals surface area contributed by atoms with Crippen LogP contribution in [-0.2, 0) is 10.4 Å². The van der Waals surface area contributed by atoms with Crippen LogP contribution in [0.3, 0.4) is 0 Å². The van der Waals surface area contributed by atoms with Gasteiger partial charge in [0, 0.05) is 5.56 Å². The topological polar surface area (TPSA) is 57.5 Å². The first-order valence-corrected chi connectivity index (χ1v) is 3.98. The van der Waals surface area contributed by atoms with Crippen LogP contribution in [0.1, 0.15) is 12.5 Å². The predicted molar refractivity (Wildman–Crippen MR) is 41.5 cm³/mol. The molecule has 0 spiro atoms. The average Bonchev–Trinajstić information content (AvgIpc) is 2.37. The van der Waals surface area contributed by atoms with E-state index >= 15 is 0 Å². The van der Waals surface area contributed by atoms with Crippen molar-refractivity contribution in [3.8, 4) is 0 Å². The Morgan fingerprint density at radius 1 is 1.73 bits per heavy atom. The minimum atomic E-state index is -1.75. The lowest BCUT2D eigenvalue weighted by Crippen LogP contribution is -2.31. The molecule has 0 aliphatic carbocycles. The van der Waals surface area contributed by atoms with Gasteiger partial charge in [-0.1, -0.05) is 0 Å². The average molecular weight is 172 g/mol. The zero-order valence-electron chi connectivity index (χ0n) is 5.94. The maximum absolute atomic E-state index is 10.5. The minimum absolute atomic E-state index is 0.426. The molecular formula is C7H8O3S. The summed E-state index contributed by atoms with van der Waals surface area (Å²) in [6.45, 7) is 1.26. The molecule has 1 rings (SSSR count). The van der Waals surface area contributed by atoms with Crippen LogP contribution < -0.4 is 0 Å². The summed E-state index contributed by atoms with van der Waals surface area (Å²) in [6.07, 6.45) is 0. The van der Waals surface area contributed by atoms with Crippen LogP contribution in [-0.4, -0.2) is 16.2 Å². The van der Waals surface area contributed by atoms with Crippen molar-refractivity contribution >= 4 is 17.3 Å². The smallest absolute Gasteiger partial charge is 0.340 e. The molecule has 1 aromatic rings. The Bertz CT molecular complexity index is 251. The lowest BCUT2D eigenvalue weighted by Gasteiger charge is -2.15. The van der Waals surface area contributed by atoms with Crippen molar-refractivity contribution in [1.29, 1.82) is 0 Å². The van der Waals surface area contributed by atoms with Gasteiger partial charge in [-0.05, 0) is 23.8 Å². The highest BCUT2D eigenvalue weighted by atomic mass is 32.1. The molecule has 11 heavy (non-hydrogen) atoms. The lowest BCUT2D eigenvalue weighted by atomic mass is 10.0. The molecule has 0 amide bonds. The fourth-order valence-electron chi connectivity index (χ4n) is 0.665. The van der Waals surface area contributed by atoms with Crippen LogP contribution in [0.4, 0.5) is 0 Å². The van der Waals surface area contributed by atoms with Gasteiger partial charge in [-0.3, -0.25) is 0 Å². The molecule has 1 aromatic heterocycles. The van der Waals surface area contributed by atoms with Crippen molar-refractivity contribution in [3.63, 3.8) is 0 Å². The summed E-state index contributed by atoms with van der Waals surface area (Å²) >= 11 is 1.36. The van der Waals surface area contributed by atoms with E-state index in [-0.39, 0.29) is 0 Å². The molecule has 0 unspecified atom stereocenters. The second-order valence-corrected chi connectivity index (χ2v) is 3.17. The van der Waals surface area contributed by atoms with Crippen LogP contribution in [0, 0.1) is 0 Å². The fraction of sp³-hybridized carbons (Fsp3) is 0.286. The van der Waals surface area contributed by atoms with E-state index in [0.717, 1.165) is 0 Å². The maximum Gasteiger partial charge on any atom is 0.340 e. The van der Waals surface area contributed by atoms with Gasteiger partial charge in [0.1, 0.15) is 0 Å². The molecule has 0 saturated carbocycles. The Balaban J connectivity index is 3.00. The Morgan fingerprint density at radius 2 is 2.36 bits per heavy atom. The van der Waals surface area contributed by atoms with Gasteiger partial charge in [0.2, 0.25) is 0 Å². The van der Waals surface area contributed by atoms with Crippen molar-refractivity contribution in [1.82, 2.24) is 0 Å². The second kappa shape index (κ2) is 2.64. The number of carbonyl (C=O) groups is 1. The lowest BCUT2D eigenvalue weighted by molar-refractivity contribution is -0.157. The molecule has 4 heteroatoms. The summed E-state index contributed by atoms with van der Waals surface area (Å²) in [5, 5.41) is 21.3. The van der Waals surface area contributed by atoms with E-state index in [2.05, 4.69) is 0 Å². The van der Waals surface area contributed by atoms with Crippen LogP contribution in [0.2, 0.25) is 0 Å². The van der Waals surface area contributed by atoms with Crippen molar-refractivity contribution in [2.24, 2.45) is 0 Å². The standard InChI is InChI=1S/C7H8O3S/c1-7(10,6(8)9)5-2-3-11-4-5/h2-4,10H,1H3,(H,8,9)/t7-/m1/s1. The van der Waals surface area contributed by atoms with Crippen molar-refractivity contribution in [3.05, 3.63) is 22.4 Å². The Morgan fingerprint density at radius 3 is 2.73 bits per heavy atom. The molecule has 0 saturated heterocycles. The van der Waals surface area contributed by atoms with Crippen molar-refractivity contribution in [2.45, 2.75) is 12.5 Å². The summed E-state index contributed by atoms with van der Waals surface area (Å²) in [7, 11) is 0. The van der Waals surface area contributed by atoms with E-state index in [4.69, 9.17) is 5.11 Å². The summed E-state index contributed by atoms with van der Waals surface area (Å²) in [5.41, 5.74) is -1.32. The fourth-order valence-corrected chi connectivity index (χ4v) is 1.42. The molecule has 0 bridgehead atoms. The number of hydrogen-bond acceptors (Lipinski definition) is 3. The van der Waals surface area contributed by atoms with E-state index in [0.29, 0.717) is 5.56 Å². The van der Waals surface area contributed by atoms with Gasteiger partial charge in [0.25, 0.3) is 0 Å². The minimum Gasteiger partial charge on any atom is -0.479 e. The third-order valence-electron chi connectivity index (χ3n) is 1.50. The summed E-state index contributed by atoms with van der Waals surface area (Å²) in [4.78, 5) is 10.5. The molecule has 0 aromatic carbocycles. The maximum atomic E-state index is 10.5. The van der Waals surface area contributed by atoms with Gasteiger partial charge < -0.3 is 10.2 Å². The molecule has 1 atom stereocenters. The summed E-state index contributed by atoms with van der Waals surface area (Å²) in [6, 6.07) is 1.60. The van der Waals surface area contributed by atoms with E-state index in [1.165, 1.54) is 18.3 Å². The first-order chi connectivity index (χ1) is 5.05. The summed E-state index contributed by atoms with van der Waals surface area (Å²) in [5.74, 6) is -1.23. The van der Waals surface area contributed by atoms with Gasteiger partial charge >= 0.3 is 5.97 Å². The van der Waals surface area contributed by atoms with Gasteiger partial charge in [0.05, 0.1) is 0 Å². The van der Waals surface area contributed by atoms with E-state index in [1.807, 2.05) is 0 Å². The summed E-state index contributed by atoms with van der Waals surface area (Å²) < 4.78 is 0. The SMILES string of the molecule is C[C@](O)(C(=O)O)c1ccsc1. The molecule has 1 heterocycles. The monoisotopic (exact) mass is 172 g/mol. The molecule has 2 N–H and O–H groups in total. The van der Waals surface area contributed by atoms with Crippen LogP contribution in [0.15, 0.2) is 16.8 Å². The molecule has 3 nitrogen and oxygen atoms in total. The third kappa shape index (κ3) is 1.41. The van der Waals surface area contributed by atoms with Gasteiger partial charge in [-0.25, -0.2) is 4.79 Å². The normalized spacial score (nSPS) is 15.8. The molecule has 0 fully saturated rings. The molecule has 0 aliphatic rings. The van der Waals surface area contributed by atoms with Gasteiger partial charge in [-0.15, -0.1) is 0 Å². The Kier molecular flexibility index (Phi) is 1.97. The number of aliphatic carboxylic acids is 1. The molecular weight excluding hydrogens is 164 g/mol. The molecule has 60 valence electrons. The highest BCUT2D eigenvalue weighted by Crippen LogP contribution is 2.22. The largest absolute Gasteiger partial charge is 0.479 e. The van der Waals surface area contributed by atoms with Crippen LogP contribution >= 0.6 is 11.3 Å². The van der Waals surface area contributed by atoms with E-state index < -0.39 is 11.6 Å². The number of carboxylic acid groups (broad SMARTS) is 1. The zero-order valence-corrected chi connectivity index (χ0v) is 6.76. The molecule has 0 radical (unpaired) electrons. The zero-order chi connectivity index (χ0) is 8.48. The number of aliphatic hydroxyl groups is 1. The molecule has 0 aliphatic heterocycles. The highest BCUT2D eigenvalue weighted by molar-refractivity contribution is 7.08. The van der Waals surface area contributed by atoms with E-state index in [1.54, 1.807) is 16.8 Å². The van der Waals surface area contributed by atoms with Crippen molar-refractivity contribution < 1.29 is 15.0 Å². The second-order valence-electron chi connectivity index (χ2n) is 2.39. The number of rotatable bonds is 2. The van der Waals surface area contributed by atoms with Gasteiger partial charge in [-0.2, -0.15) is 11.3 Å². The highest BCUT2D eigenvalue weighted by Gasteiger charge is 2.32. The first kappa shape index (κ1) is 8.23. The van der Waals surface area contributed by atoms with Gasteiger partial charge in [0.15, 0.2) is 5.60 Å². The predicted octanol–water partition coefficient (Wildman–Crippen LogP) is 1.04. The number of carboxylic acids is 1. The third-order valence-corrected chi connectivity index (χ3v) is 2.18. The van der Waals surface area contributed by atoms with Crippen LogP contribution in [0.25, 0.3) is 0 Å². The quantitative estimate of drug-likeness (QED) is 0.700. The Hall–Kier alpha value is -0.870. The number of hydrogen-bond donors (Lipinski definition) is 2. The van der Waals surface area contributed by atoms with Crippen molar-refractivity contribution in [2.75, 3.05) is 0 Å². The number of thiophene rings is 1. The Labute approximate surface area is 67.9 Å². The first-order valence-electron chi connectivity index (χ1n) is 3.03. The van der Waals surface area contributed by atoms with Crippen LogP contribution in [0.5, 0.6) is 0 Å².